The largest absolute Gasteiger partial charge is 0.395 e. The Morgan fingerprint density at radius 1 is 1.10 bits per heavy atom. The molecule has 1 fully saturated rings. The van der Waals surface area contributed by atoms with Crippen LogP contribution in [0.3, 0.4) is 0 Å². The maximum absolute atomic E-state index is 9.04. The highest BCUT2D eigenvalue weighted by molar-refractivity contribution is 8.00. The molecule has 1 saturated heterocycles. The molecule has 1 aliphatic rings. The van der Waals surface area contributed by atoms with E-state index in [-0.39, 0.29) is 6.61 Å². The second-order valence-corrected chi connectivity index (χ2v) is 3.59. The summed E-state index contributed by atoms with van der Waals surface area (Å²) >= 11 is 0.987. The molecule has 4 nitrogen and oxygen atoms in total. The molecule has 0 bridgehead atoms. The normalized spacial score (nSPS) is 48.0. The van der Waals surface area contributed by atoms with Crippen molar-refractivity contribution in [3.8, 4) is 0 Å². The SMILES string of the molecule is OCC1SC(O)C(O)C1O. The summed E-state index contributed by atoms with van der Waals surface area (Å²) in [6.45, 7) is -0.222. The van der Waals surface area contributed by atoms with Crippen LogP contribution in [-0.2, 0) is 0 Å². The Morgan fingerprint density at radius 3 is 1.90 bits per heavy atom. The summed E-state index contributed by atoms with van der Waals surface area (Å²) in [5, 5.41) is 35.0. The lowest BCUT2D eigenvalue weighted by Crippen LogP contribution is -2.33. The molecule has 0 aromatic carbocycles. The van der Waals surface area contributed by atoms with Crippen LogP contribution in [0, 0.1) is 0 Å². The Kier molecular flexibility index (Phi) is 2.54. The molecule has 0 aromatic heterocycles. The molecule has 4 unspecified atom stereocenters. The maximum atomic E-state index is 9.04. The Balaban J connectivity index is 2.53. The number of rotatable bonds is 1. The Labute approximate surface area is 62.5 Å². The van der Waals surface area contributed by atoms with Crippen LogP contribution in [0.2, 0.25) is 0 Å². The summed E-state index contributed by atoms with van der Waals surface area (Å²) in [6.07, 6.45) is -2.13. The van der Waals surface area contributed by atoms with Gasteiger partial charge in [0.05, 0.1) is 18.0 Å². The monoisotopic (exact) mass is 166 g/mol. The molecule has 4 N–H and O–H groups in total. The lowest BCUT2D eigenvalue weighted by atomic mass is 10.1. The van der Waals surface area contributed by atoms with Crippen molar-refractivity contribution in [2.24, 2.45) is 0 Å². The highest BCUT2D eigenvalue weighted by Gasteiger charge is 2.40. The minimum atomic E-state index is -1.12. The van der Waals surface area contributed by atoms with Gasteiger partial charge in [0.15, 0.2) is 0 Å². The van der Waals surface area contributed by atoms with E-state index in [1.54, 1.807) is 0 Å². The van der Waals surface area contributed by atoms with Crippen molar-refractivity contribution >= 4 is 11.8 Å². The smallest absolute Gasteiger partial charge is 0.128 e. The zero-order valence-electron chi connectivity index (χ0n) is 5.21. The van der Waals surface area contributed by atoms with E-state index in [2.05, 4.69) is 0 Å². The van der Waals surface area contributed by atoms with Gasteiger partial charge in [0, 0.05) is 0 Å². The van der Waals surface area contributed by atoms with E-state index in [1.165, 1.54) is 0 Å². The Hall–Kier alpha value is 0.190. The second kappa shape index (κ2) is 3.06. The molecule has 0 radical (unpaired) electrons. The lowest BCUT2D eigenvalue weighted by Gasteiger charge is -2.11. The predicted molar refractivity (Wildman–Crippen MR) is 36.5 cm³/mol. The molecule has 4 atom stereocenters. The van der Waals surface area contributed by atoms with E-state index in [4.69, 9.17) is 20.4 Å². The first kappa shape index (κ1) is 8.29. The van der Waals surface area contributed by atoms with E-state index < -0.39 is 22.9 Å². The predicted octanol–water partition coefficient (Wildman–Crippen LogP) is -1.87. The number of hydrogen-bond donors (Lipinski definition) is 4. The van der Waals surface area contributed by atoms with Crippen LogP contribution >= 0.6 is 11.8 Å². The standard InChI is InChI=1S/C5H10O4S/c6-1-2-3(7)4(8)5(9)10-2/h2-9H,1H2. The summed E-state index contributed by atoms with van der Waals surface area (Å²) < 4.78 is 0. The molecule has 0 aliphatic carbocycles. The average Bonchev–Trinajstić information content (AvgIpc) is 2.17. The summed E-state index contributed by atoms with van der Waals surface area (Å²) in [6, 6.07) is 0. The topological polar surface area (TPSA) is 80.9 Å². The Bertz CT molecular complexity index is 120. The molecule has 0 spiro atoms. The van der Waals surface area contributed by atoms with Crippen LogP contribution in [0.5, 0.6) is 0 Å². The first-order chi connectivity index (χ1) is 4.66. The number of hydrogen-bond acceptors (Lipinski definition) is 5. The van der Waals surface area contributed by atoms with E-state index >= 15 is 0 Å². The lowest BCUT2D eigenvalue weighted by molar-refractivity contribution is -0.0181. The first-order valence-corrected chi connectivity index (χ1v) is 3.91. The van der Waals surface area contributed by atoms with E-state index in [9.17, 15) is 0 Å². The fraction of sp³-hybridized carbons (Fsp3) is 1.00. The first-order valence-electron chi connectivity index (χ1n) is 2.97. The van der Waals surface area contributed by atoms with Gasteiger partial charge in [-0.1, -0.05) is 0 Å². The van der Waals surface area contributed by atoms with Crippen molar-refractivity contribution in [3.05, 3.63) is 0 Å². The number of aliphatic hydroxyl groups excluding tert-OH is 4. The number of aliphatic hydroxyl groups is 4. The van der Waals surface area contributed by atoms with Crippen molar-refractivity contribution in [1.29, 1.82) is 0 Å². The molecule has 1 rings (SSSR count). The van der Waals surface area contributed by atoms with Crippen molar-refractivity contribution < 1.29 is 20.4 Å². The molecule has 1 aliphatic heterocycles. The van der Waals surface area contributed by atoms with Gasteiger partial charge in [-0.3, -0.25) is 0 Å². The second-order valence-electron chi connectivity index (χ2n) is 2.23. The molecule has 1 heterocycles. The molecule has 60 valence electrons. The van der Waals surface area contributed by atoms with Gasteiger partial charge in [-0.05, 0) is 0 Å². The highest BCUT2D eigenvalue weighted by atomic mass is 32.2. The number of thioether (sulfide) groups is 1. The third-order valence-electron chi connectivity index (χ3n) is 1.52. The van der Waals surface area contributed by atoms with E-state index in [1.807, 2.05) is 0 Å². The minimum absolute atomic E-state index is 0.222. The van der Waals surface area contributed by atoms with Crippen LogP contribution in [0.4, 0.5) is 0 Å². The van der Waals surface area contributed by atoms with Crippen molar-refractivity contribution in [2.75, 3.05) is 6.61 Å². The van der Waals surface area contributed by atoms with Gasteiger partial charge in [-0.2, -0.15) is 0 Å². The van der Waals surface area contributed by atoms with Gasteiger partial charge in [-0.15, -0.1) is 11.8 Å². The maximum Gasteiger partial charge on any atom is 0.128 e. The summed E-state index contributed by atoms with van der Waals surface area (Å²) in [4.78, 5) is 0. The van der Waals surface area contributed by atoms with Crippen LogP contribution in [0.15, 0.2) is 0 Å². The molecule has 0 saturated carbocycles. The zero-order valence-corrected chi connectivity index (χ0v) is 6.03. The van der Waals surface area contributed by atoms with Gasteiger partial charge in [0.25, 0.3) is 0 Å². The average molecular weight is 166 g/mol. The molecule has 10 heavy (non-hydrogen) atoms. The quantitative estimate of drug-likeness (QED) is 0.367. The van der Waals surface area contributed by atoms with Gasteiger partial charge in [-0.25, -0.2) is 0 Å². The minimum Gasteiger partial charge on any atom is -0.395 e. The molecular weight excluding hydrogens is 156 g/mol. The van der Waals surface area contributed by atoms with Crippen LogP contribution in [0.25, 0.3) is 0 Å². The van der Waals surface area contributed by atoms with Gasteiger partial charge < -0.3 is 20.4 Å². The van der Waals surface area contributed by atoms with E-state index in [0.29, 0.717) is 0 Å². The summed E-state index contributed by atoms with van der Waals surface area (Å²) in [5.41, 5.74) is -0.966. The van der Waals surface area contributed by atoms with Crippen molar-refractivity contribution in [2.45, 2.75) is 22.9 Å². The molecular formula is C5H10O4S. The summed E-state index contributed by atoms with van der Waals surface area (Å²) in [5.74, 6) is 0. The van der Waals surface area contributed by atoms with Gasteiger partial charge >= 0.3 is 0 Å². The fourth-order valence-corrected chi connectivity index (χ4v) is 1.97. The van der Waals surface area contributed by atoms with Crippen LogP contribution in [0.1, 0.15) is 0 Å². The van der Waals surface area contributed by atoms with Crippen molar-refractivity contribution in [1.82, 2.24) is 0 Å². The Morgan fingerprint density at radius 2 is 1.70 bits per heavy atom. The fourth-order valence-electron chi connectivity index (χ4n) is 0.880. The van der Waals surface area contributed by atoms with Gasteiger partial charge in [0.2, 0.25) is 0 Å². The van der Waals surface area contributed by atoms with Crippen molar-refractivity contribution in [3.63, 3.8) is 0 Å². The zero-order chi connectivity index (χ0) is 7.72. The van der Waals surface area contributed by atoms with Gasteiger partial charge in [0.1, 0.15) is 11.5 Å². The highest BCUT2D eigenvalue weighted by Crippen LogP contribution is 2.32. The molecule has 0 amide bonds. The van der Waals surface area contributed by atoms with Crippen LogP contribution in [-0.4, -0.2) is 49.9 Å². The van der Waals surface area contributed by atoms with Crippen LogP contribution < -0.4 is 0 Å². The third-order valence-corrected chi connectivity index (χ3v) is 2.85. The summed E-state index contributed by atoms with van der Waals surface area (Å²) in [7, 11) is 0. The molecule has 0 aromatic rings. The van der Waals surface area contributed by atoms with E-state index in [0.717, 1.165) is 11.8 Å². The third kappa shape index (κ3) is 1.28. The molecule has 5 heteroatoms.